The predicted octanol–water partition coefficient (Wildman–Crippen LogP) is 4.77. The Morgan fingerprint density at radius 1 is 1.19 bits per heavy atom. The van der Waals surface area contributed by atoms with Crippen molar-refractivity contribution in [2.45, 2.75) is 63.4 Å². The van der Waals surface area contributed by atoms with Crippen molar-refractivity contribution in [2.24, 2.45) is 22.4 Å². The molecule has 170 valence electrons. The van der Waals surface area contributed by atoms with Crippen LogP contribution in [0.2, 0.25) is 0 Å². The molecule has 4 aliphatic rings. The van der Waals surface area contributed by atoms with Crippen LogP contribution in [0, 0.1) is 17.3 Å². The fourth-order valence-electron chi connectivity index (χ4n) is 7.41. The highest BCUT2D eigenvalue weighted by molar-refractivity contribution is 5.93. The Kier molecular flexibility index (Phi) is 5.37. The Morgan fingerprint density at radius 2 is 1.97 bits per heavy atom. The van der Waals surface area contributed by atoms with Gasteiger partial charge >= 0.3 is 0 Å². The molecule has 0 spiro atoms. The topological polar surface area (TPSA) is 79.1 Å². The highest BCUT2D eigenvalue weighted by Crippen LogP contribution is 2.66. The second-order valence-electron chi connectivity index (χ2n) is 10.4. The van der Waals surface area contributed by atoms with Crippen LogP contribution < -0.4 is 0 Å². The number of aliphatic hydroxyl groups is 1. The van der Waals surface area contributed by atoms with Crippen molar-refractivity contribution >= 4 is 12.0 Å². The van der Waals surface area contributed by atoms with Gasteiger partial charge in [0.15, 0.2) is 5.78 Å². The molecule has 1 aromatic rings. The van der Waals surface area contributed by atoms with E-state index in [-0.39, 0.29) is 17.1 Å². The van der Waals surface area contributed by atoms with Crippen LogP contribution in [-0.2, 0) is 9.53 Å². The minimum atomic E-state index is -0.816. The quantitative estimate of drug-likeness (QED) is 0.406. The van der Waals surface area contributed by atoms with Crippen molar-refractivity contribution in [3.8, 4) is 0 Å². The molecule has 0 saturated heterocycles. The van der Waals surface area contributed by atoms with Crippen LogP contribution in [0.5, 0.6) is 0 Å². The van der Waals surface area contributed by atoms with Crippen molar-refractivity contribution in [3.63, 3.8) is 0 Å². The summed E-state index contributed by atoms with van der Waals surface area (Å²) in [7, 11) is 1.68. The number of allylic oxidation sites excluding steroid dienone is 4. The molecule has 2 fully saturated rings. The number of ether oxygens (including phenoxy) is 1. The smallest absolute Gasteiger partial charge is 0.156 e. The average Bonchev–Trinajstić information content (AvgIpc) is 3.04. The number of hydrogen-bond acceptors (Lipinski definition) is 5. The van der Waals surface area contributed by atoms with Gasteiger partial charge < -0.3 is 15.1 Å². The summed E-state index contributed by atoms with van der Waals surface area (Å²) in [4.78, 5) is 12.1. The number of hydrogen-bond donors (Lipinski definition) is 2. The fourth-order valence-corrected chi connectivity index (χ4v) is 7.41. The highest BCUT2D eigenvalue weighted by atomic mass is 16.5. The minimum Gasteiger partial charge on any atom is -0.411 e. The maximum atomic E-state index is 12.1. The molecule has 0 bridgehead atoms. The van der Waals surface area contributed by atoms with E-state index >= 15 is 0 Å². The molecule has 2 saturated carbocycles. The van der Waals surface area contributed by atoms with Crippen molar-refractivity contribution in [2.75, 3.05) is 13.7 Å². The Bertz CT molecular complexity index is 1010. The molecule has 0 unspecified atom stereocenters. The van der Waals surface area contributed by atoms with Gasteiger partial charge in [-0.3, -0.25) is 4.79 Å². The van der Waals surface area contributed by atoms with E-state index in [1.165, 1.54) is 28.5 Å². The first kappa shape index (κ1) is 21.6. The van der Waals surface area contributed by atoms with Gasteiger partial charge in [-0.25, -0.2) is 0 Å². The lowest BCUT2D eigenvalue weighted by atomic mass is 9.51. The van der Waals surface area contributed by atoms with E-state index in [1.54, 1.807) is 7.11 Å². The van der Waals surface area contributed by atoms with Crippen LogP contribution in [0.25, 0.3) is 0 Å². The summed E-state index contributed by atoms with van der Waals surface area (Å²) in [5.41, 5.74) is 5.23. The number of carbonyl (C=O) groups is 1. The number of oxime groups is 1. The Morgan fingerprint density at radius 3 is 2.69 bits per heavy atom. The minimum absolute atomic E-state index is 0.203. The van der Waals surface area contributed by atoms with E-state index in [0.717, 1.165) is 44.1 Å². The molecule has 0 amide bonds. The maximum Gasteiger partial charge on any atom is 0.156 e. The standard InChI is InChI=1S/C27H33NO4/c1-26-14-23(18-5-3-17(4-6-18)15-28-31)25-21-10-8-20(29)13-19(21)7-9-22(25)24(26)11-12-27(26,30)16-32-2/h3-6,13,15,22-24,30-31H,7-12,14,16H2,1-2H3/t22-,23+,24-,26-,27+/m0/s1. The third kappa shape index (κ3) is 3.20. The second kappa shape index (κ2) is 7.96. The first-order valence-electron chi connectivity index (χ1n) is 11.9. The molecule has 5 nitrogen and oxygen atoms in total. The van der Waals surface area contributed by atoms with Crippen molar-refractivity contribution in [1.29, 1.82) is 0 Å². The van der Waals surface area contributed by atoms with Crippen molar-refractivity contribution < 1.29 is 19.8 Å². The average molecular weight is 436 g/mol. The van der Waals surface area contributed by atoms with Crippen LogP contribution in [0.4, 0.5) is 0 Å². The van der Waals surface area contributed by atoms with Gasteiger partial charge in [-0.15, -0.1) is 0 Å². The first-order chi connectivity index (χ1) is 15.4. The first-order valence-corrected chi connectivity index (χ1v) is 11.9. The number of fused-ring (bicyclic) bond motifs is 4. The molecule has 5 heteroatoms. The summed E-state index contributed by atoms with van der Waals surface area (Å²) in [5, 5.41) is 23.8. The zero-order valence-electron chi connectivity index (χ0n) is 19.0. The summed E-state index contributed by atoms with van der Waals surface area (Å²) in [6.07, 6.45) is 9.46. The molecule has 32 heavy (non-hydrogen) atoms. The van der Waals surface area contributed by atoms with Gasteiger partial charge in [-0.1, -0.05) is 41.9 Å². The Balaban J connectivity index is 1.65. The summed E-state index contributed by atoms with van der Waals surface area (Å²) in [6, 6.07) is 8.24. The number of benzene rings is 1. The summed E-state index contributed by atoms with van der Waals surface area (Å²) < 4.78 is 5.51. The summed E-state index contributed by atoms with van der Waals surface area (Å²) in [5.74, 6) is 1.32. The van der Waals surface area contributed by atoms with E-state index in [1.807, 2.05) is 18.2 Å². The lowest BCUT2D eigenvalue weighted by Gasteiger charge is -2.54. The van der Waals surface area contributed by atoms with Crippen LogP contribution >= 0.6 is 0 Å². The molecule has 5 rings (SSSR count). The third-order valence-corrected chi connectivity index (χ3v) is 8.99. The monoisotopic (exact) mass is 435 g/mol. The lowest BCUT2D eigenvalue weighted by Crippen LogP contribution is -2.53. The molecule has 0 heterocycles. The molecule has 5 atom stereocenters. The lowest BCUT2D eigenvalue weighted by molar-refractivity contribution is -0.128. The van der Waals surface area contributed by atoms with E-state index in [2.05, 4.69) is 24.2 Å². The fraction of sp³-hybridized carbons (Fsp3) is 0.556. The SMILES string of the molecule is COC[C@]1(O)CC[C@H]2[C@@H]3CCC4=CC(=O)CCC4=C3[C@@H](c3ccc(C=NO)cc3)C[C@@]21C. The largest absolute Gasteiger partial charge is 0.411 e. The van der Waals surface area contributed by atoms with Crippen molar-refractivity contribution in [3.05, 3.63) is 58.2 Å². The molecule has 2 N–H and O–H groups in total. The van der Waals surface area contributed by atoms with E-state index in [9.17, 15) is 9.90 Å². The predicted molar refractivity (Wildman–Crippen MR) is 123 cm³/mol. The second-order valence-corrected chi connectivity index (χ2v) is 10.4. The van der Waals surface area contributed by atoms with Gasteiger partial charge in [0.25, 0.3) is 0 Å². The number of ketones is 1. The number of nitrogens with zero attached hydrogens (tertiary/aromatic N) is 1. The normalized spacial score (nSPS) is 36.7. The van der Waals surface area contributed by atoms with E-state index in [4.69, 9.17) is 9.94 Å². The van der Waals surface area contributed by atoms with Gasteiger partial charge in [0.05, 0.1) is 18.4 Å². The number of rotatable bonds is 4. The Labute approximate surface area is 189 Å². The van der Waals surface area contributed by atoms with E-state index in [0.29, 0.717) is 24.9 Å². The van der Waals surface area contributed by atoms with Gasteiger partial charge in [0.1, 0.15) is 0 Å². The molecule has 0 aliphatic heterocycles. The van der Waals surface area contributed by atoms with Crippen LogP contribution in [-0.4, -0.2) is 41.6 Å². The van der Waals surface area contributed by atoms with Crippen LogP contribution in [0.1, 0.15) is 68.9 Å². The third-order valence-electron chi connectivity index (χ3n) is 8.99. The molecule has 1 aromatic carbocycles. The van der Waals surface area contributed by atoms with E-state index < -0.39 is 5.60 Å². The van der Waals surface area contributed by atoms with Gasteiger partial charge in [0, 0.05) is 24.9 Å². The Hall–Kier alpha value is -2.24. The summed E-state index contributed by atoms with van der Waals surface area (Å²) >= 11 is 0. The molecule has 0 aromatic heterocycles. The number of methoxy groups -OCH3 is 1. The molecule has 4 aliphatic carbocycles. The number of carbonyl (C=O) groups excluding carboxylic acids is 1. The van der Waals surface area contributed by atoms with Crippen LogP contribution in [0.3, 0.4) is 0 Å². The van der Waals surface area contributed by atoms with Crippen LogP contribution in [0.15, 0.2) is 52.2 Å². The summed E-state index contributed by atoms with van der Waals surface area (Å²) in [6.45, 7) is 2.65. The molecule has 0 radical (unpaired) electrons. The van der Waals surface area contributed by atoms with Gasteiger partial charge in [-0.05, 0) is 78.7 Å². The molecular weight excluding hydrogens is 402 g/mol. The zero-order valence-corrected chi connectivity index (χ0v) is 19.0. The zero-order chi connectivity index (χ0) is 22.5. The van der Waals surface area contributed by atoms with Crippen molar-refractivity contribution in [1.82, 2.24) is 0 Å². The van der Waals surface area contributed by atoms with Gasteiger partial charge in [-0.2, -0.15) is 0 Å². The maximum absolute atomic E-state index is 12.1. The van der Waals surface area contributed by atoms with Gasteiger partial charge in [0.2, 0.25) is 0 Å². The highest BCUT2D eigenvalue weighted by Gasteiger charge is 2.62. The molecular formula is C27H33NO4.